The van der Waals surface area contributed by atoms with Crippen LogP contribution in [0, 0.1) is 13.8 Å². The minimum Gasteiger partial charge on any atom is -0.234 e. The lowest BCUT2D eigenvalue weighted by atomic mass is 9.97. The van der Waals surface area contributed by atoms with Gasteiger partial charge in [-0.25, -0.2) is 9.69 Å². The number of aryl methyl sites for hydroxylation is 2. The van der Waals surface area contributed by atoms with Crippen molar-refractivity contribution in [3.05, 3.63) is 47.0 Å². The Morgan fingerprint density at radius 2 is 2.11 bits per heavy atom. The van der Waals surface area contributed by atoms with Crippen LogP contribution < -0.4 is 5.48 Å². The highest BCUT2D eigenvalue weighted by Gasteiger charge is 2.14. The van der Waals surface area contributed by atoms with Crippen molar-refractivity contribution in [3.8, 4) is 0 Å². The second kappa shape index (κ2) is 4.75. The van der Waals surface area contributed by atoms with Gasteiger partial charge >= 0.3 is 11.3 Å². The summed E-state index contributed by atoms with van der Waals surface area (Å²) in [5.74, 6) is 0.605. The van der Waals surface area contributed by atoms with Gasteiger partial charge in [-0.15, -0.1) is 4.40 Å². The number of amidine groups is 1. The molecule has 0 radical (unpaired) electrons. The van der Waals surface area contributed by atoms with Crippen molar-refractivity contribution in [2.24, 2.45) is 4.40 Å². The monoisotopic (exact) mass is 274 g/mol. The van der Waals surface area contributed by atoms with Crippen molar-refractivity contribution in [2.75, 3.05) is 0 Å². The zero-order valence-electron chi connectivity index (χ0n) is 10.8. The maximum Gasteiger partial charge on any atom is 0.309 e. The molecule has 1 atom stereocenters. The molecule has 0 saturated carbocycles. The van der Waals surface area contributed by atoms with E-state index in [0.29, 0.717) is 12.3 Å². The Kier molecular flexibility index (Phi) is 3.08. The van der Waals surface area contributed by atoms with Gasteiger partial charge < -0.3 is 0 Å². The zero-order valence-corrected chi connectivity index (χ0v) is 11.6. The quantitative estimate of drug-likeness (QED) is 0.915. The van der Waals surface area contributed by atoms with Crippen LogP contribution in [0.15, 0.2) is 34.7 Å². The summed E-state index contributed by atoms with van der Waals surface area (Å²) in [6.07, 6.45) is 0.599. The Morgan fingerprint density at radius 1 is 1.26 bits per heavy atom. The molecular weight excluding hydrogens is 260 g/mol. The van der Waals surface area contributed by atoms with Gasteiger partial charge in [0.25, 0.3) is 0 Å². The van der Waals surface area contributed by atoms with Crippen LogP contribution in [-0.2, 0) is 22.0 Å². The van der Waals surface area contributed by atoms with Gasteiger partial charge in [0.1, 0.15) is 5.84 Å². The van der Waals surface area contributed by atoms with Gasteiger partial charge in [-0.1, -0.05) is 30.3 Å². The summed E-state index contributed by atoms with van der Waals surface area (Å²) in [7, 11) is 0. The average Bonchev–Trinajstić information content (AvgIpc) is 2.77. The lowest BCUT2D eigenvalue weighted by Crippen LogP contribution is -2.19. The zero-order chi connectivity index (χ0) is 13.4. The second-order valence-corrected chi connectivity index (χ2v) is 5.48. The van der Waals surface area contributed by atoms with E-state index >= 15 is 0 Å². The summed E-state index contributed by atoms with van der Waals surface area (Å²) < 4.78 is 19.6. The third-order valence-electron chi connectivity index (χ3n) is 3.33. The van der Waals surface area contributed by atoms with Crippen LogP contribution in [0.1, 0.15) is 16.7 Å². The van der Waals surface area contributed by atoms with Gasteiger partial charge in [0.05, 0.1) is 0 Å². The van der Waals surface area contributed by atoms with Crippen molar-refractivity contribution < 1.29 is 8.49 Å². The van der Waals surface area contributed by atoms with Crippen LogP contribution in [0.3, 0.4) is 0 Å². The molecular formula is C14H14N2O2S. The van der Waals surface area contributed by atoms with Crippen LogP contribution in [-0.4, -0.2) is 10.0 Å². The second-order valence-electron chi connectivity index (χ2n) is 4.69. The maximum atomic E-state index is 11.0. The van der Waals surface area contributed by atoms with E-state index in [1.807, 2.05) is 0 Å². The van der Waals surface area contributed by atoms with Crippen molar-refractivity contribution in [3.63, 3.8) is 0 Å². The standard InChI is InChI=1S/C14H14N2O2S/c1-9-4-3-5-11-7-12(10(2)6-13(9)11)8-14-15-18-19(17)16-14/h3-7H,8H2,1-2H3,(H,15,16). The molecule has 0 bridgehead atoms. The molecule has 0 amide bonds. The van der Waals surface area contributed by atoms with Gasteiger partial charge in [-0.3, -0.25) is 0 Å². The van der Waals surface area contributed by atoms with E-state index in [1.54, 1.807) is 0 Å². The summed E-state index contributed by atoms with van der Waals surface area (Å²) in [6, 6.07) is 10.6. The first-order valence-electron chi connectivity index (χ1n) is 6.05. The molecule has 0 aromatic heterocycles. The Labute approximate surface area is 114 Å². The summed E-state index contributed by atoms with van der Waals surface area (Å²) in [5.41, 5.74) is 6.22. The number of fused-ring (bicyclic) bond motifs is 1. The predicted molar refractivity (Wildman–Crippen MR) is 76.9 cm³/mol. The minimum atomic E-state index is -1.59. The summed E-state index contributed by atoms with van der Waals surface area (Å²) in [4.78, 5) is 0. The maximum absolute atomic E-state index is 11.0. The number of rotatable bonds is 2. The summed E-state index contributed by atoms with van der Waals surface area (Å²) >= 11 is -1.59. The molecule has 0 saturated heterocycles. The molecule has 19 heavy (non-hydrogen) atoms. The van der Waals surface area contributed by atoms with Crippen LogP contribution in [0.5, 0.6) is 0 Å². The Balaban J connectivity index is 2.02. The molecule has 1 heterocycles. The van der Waals surface area contributed by atoms with Crippen LogP contribution in [0.4, 0.5) is 0 Å². The number of nitrogens with one attached hydrogen (secondary N) is 1. The SMILES string of the molecule is Cc1cc2c(C)cccc2cc1CC1=NS(=O)ON1. The van der Waals surface area contributed by atoms with Crippen molar-refractivity contribution in [2.45, 2.75) is 20.3 Å². The molecule has 1 N–H and O–H groups in total. The van der Waals surface area contributed by atoms with Gasteiger partial charge in [0.2, 0.25) is 0 Å². The average molecular weight is 274 g/mol. The molecule has 0 aliphatic carbocycles. The fourth-order valence-electron chi connectivity index (χ4n) is 2.29. The molecule has 4 nitrogen and oxygen atoms in total. The molecule has 3 rings (SSSR count). The third-order valence-corrected chi connectivity index (χ3v) is 3.92. The molecule has 1 unspecified atom stereocenters. The van der Waals surface area contributed by atoms with Gasteiger partial charge in [-0.2, -0.15) is 4.28 Å². The van der Waals surface area contributed by atoms with Crippen molar-refractivity contribution >= 4 is 27.9 Å². The molecule has 5 heteroatoms. The van der Waals surface area contributed by atoms with E-state index in [0.717, 1.165) is 5.56 Å². The van der Waals surface area contributed by atoms with Crippen molar-refractivity contribution in [1.29, 1.82) is 0 Å². The highest BCUT2D eigenvalue weighted by atomic mass is 32.2. The Morgan fingerprint density at radius 3 is 2.84 bits per heavy atom. The van der Waals surface area contributed by atoms with Gasteiger partial charge in [0, 0.05) is 6.42 Å². The summed E-state index contributed by atoms with van der Waals surface area (Å²) in [6.45, 7) is 4.19. The molecule has 2 aromatic carbocycles. The first-order valence-corrected chi connectivity index (χ1v) is 7.08. The highest BCUT2D eigenvalue weighted by Crippen LogP contribution is 2.23. The summed E-state index contributed by atoms with van der Waals surface area (Å²) in [5, 5.41) is 2.48. The van der Waals surface area contributed by atoms with Crippen molar-refractivity contribution in [1.82, 2.24) is 5.48 Å². The van der Waals surface area contributed by atoms with Gasteiger partial charge in [0.15, 0.2) is 0 Å². The smallest absolute Gasteiger partial charge is 0.234 e. The van der Waals surface area contributed by atoms with E-state index in [-0.39, 0.29) is 0 Å². The largest absolute Gasteiger partial charge is 0.309 e. The lowest BCUT2D eigenvalue weighted by molar-refractivity contribution is 0.303. The molecule has 1 aliphatic rings. The van der Waals surface area contributed by atoms with Gasteiger partial charge in [-0.05, 0) is 41.3 Å². The van der Waals surface area contributed by atoms with E-state index in [9.17, 15) is 4.21 Å². The van der Waals surface area contributed by atoms with E-state index in [1.165, 1.54) is 21.9 Å². The Hall–Kier alpha value is -1.72. The molecule has 2 aromatic rings. The normalized spacial score (nSPS) is 18.4. The molecule has 0 spiro atoms. The molecule has 1 aliphatic heterocycles. The first kappa shape index (κ1) is 12.3. The number of nitrogens with zero attached hydrogens (tertiary/aromatic N) is 1. The van der Waals surface area contributed by atoms with E-state index < -0.39 is 11.3 Å². The molecule has 98 valence electrons. The van der Waals surface area contributed by atoms with E-state index in [4.69, 9.17) is 4.28 Å². The minimum absolute atomic E-state index is 0.599. The third kappa shape index (κ3) is 2.39. The fourth-order valence-corrected chi connectivity index (χ4v) is 2.77. The number of hydroxylamine groups is 1. The predicted octanol–water partition coefficient (Wildman–Crippen LogP) is 2.51. The highest BCUT2D eigenvalue weighted by molar-refractivity contribution is 7.79. The van der Waals surface area contributed by atoms with Crippen LogP contribution in [0.2, 0.25) is 0 Å². The Bertz CT molecular complexity index is 710. The topological polar surface area (TPSA) is 50.7 Å². The number of benzene rings is 2. The van der Waals surface area contributed by atoms with Crippen LogP contribution >= 0.6 is 0 Å². The van der Waals surface area contributed by atoms with Crippen LogP contribution in [0.25, 0.3) is 10.8 Å². The number of hydrogen-bond acceptors (Lipinski definition) is 3. The lowest BCUT2D eigenvalue weighted by Gasteiger charge is -2.09. The molecule has 0 fully saturated rings. The number of hydrogen-bond donors (Lipinski definition) is 1. The van der Waals surface area contributed by atoms with E-state index in [2.05, 4.69) is 54.1 Å². The fraction of sp³-hybridized carbons (Fsp3) is 0.214. The first-order chi connectivity index (χ1) is 9.13.